The molecule has 4 heteroatoms. The fraction of sp³-hybridized carbons (Fsp3) is 0.125. The molecule has 0 bridgehead atoms. The van der Waals surface area contributed by atoms with Gasteiger partial charge in [-0.05, 0) is 19.1 Å². The van der Waals surface area contributed by atoms with E-state index in [1.807, 2.05) is 12.1 Å². The van der Waals surface area contributed by atoms with Gasteiger partial charge in [0, 0.05) is 5.56 Å². The number of alkyl halides is 1. The van der Waals surface area contributed by atoms with E-state index in [1.165, 1.54) is 6.92 Å². The van der Waals surface area contributed by atoms with Crippen molar-refractivity contribution >= 4 is 27.7 Å². The lowest BCUT2D eigenvalue weighted by molar-refractivity contribution is -0.135. The van der Waals surface area contributed by atoms with Crippen LogP contribution in [0.3, 0.4) is 0 Å². The zero-order valence-electron chi connectivity index (χ0n) is 10.9. The van der Waals surface area contributed by atoms with Gasteiger partial charge >= 0.3 is 5.97 Å². The molecule has 0 saturated heterocycles. The molecule has 0 radical (unpaired) electrons. The van der Waals surface area contributed by atoms with Gasteiger partial charge < -0.3 is 4.74 Å². The molecule has 0 aliphatic heterocycles. The van der Waals surface area contributed by atoms with E-state index in [4.69, 9.17) is 4.74 Å². The van der Waals surface area contributed by atoms with Crippen LogP contribution in [0.4, 0.5) is 0 Å². The van der Waals surface area contributed by atoms with Crippen LogP contribution < -0.4 is 4.74 Å². The molecule has 20 heavy (non-hydrogen) atoms. The molecule has 2 rings (SSSR count). The van der Waals surface area contributed by atoms with Crippen molar-refractivity contribution in [1.29, 1.82) is 0 Å². The summed E-state index contributed by atoms with van der Waals surface area (Å²) < 4.78 is 3.80. The predicted octanol–water partition coefficient (Wildman–Crippen LogP) is 3.63. The van der Waals surface area contributed by atoms with E-state index >= 15 is 0 Å². The first kappa shape index (κ1) is 14.5. The smallest absolute Gasteiger partial charge is 0.336 e. The summed E-state index contributed by atoms with van der Waals surface area (Å²) in [7, 11) is 0. The van der Waals surface area contributed by atoms with Crippen molar-refractivity contribution in [3.63, 3.8) is 0 Å². The van der Waals surface area contributed by atoms with Crippen LogP contribution in [0.2, 0.25) is 0 Å². The molecule has 0 saturated carbocycles. The van der Waals surface area contributed by atoms with Gasteiger partial charge in [-0.15, -0.1) is 0 Å². The SMILES string of the molecule is CC(Br)(C(=O)Oc1ccccc1)C(=O)c1ccccc1. The minimum atomic E-state index is -1.41. The number of esters is 1. The minimum Gasteiger partial charge on any atom is -0.425 e. The largest absolute Gasteiger partial charge is 0.425 e. The van der Waals surface area contributed by atoms with Crippen LogP contribution in [0.1, 0.15) is 17.3 Å². The Labute approximate surface area is 125 Å². The molecule has 1 unspecified atom stereocenters. The second kappa shape index (κ2) is 6.01. The average Bonchev–Trinajstić information content (AvgIpc) is 2.48. The van der Waals surface area contributed by atoms with Crippen molar-refractivity contribution in [2.24, 2.45) is 0 Å². The molecule has 0 spiro atoms. The Bertz CT molecular complexity index is 606. The summed E-state index contributed by atoms with van der Waals surface area (Å²) in [6.45, 7) is 1.49. The lowest BCUT2D eigenvalue weighted by Gasteiger charge is -2.19. The summed E-state index contributed by atoms with van der Waals surface area (Å²) in [5.74, 6) is -0.569. The lowest BCUT2D eigenvalue weighted by atomic mass is 9.99. The van der Waals surface area contributed by atoms with E-state index in [2.05, 4.69) is 15.9 Å². The van der Waals surface area contributed by atoms with E-state index in [9.17, 15) is 9.59 Å². The van der Waals surface area contributed by atoms with Gasteiger partial charge in [0.25, 0.3) is 0 Å². The predicted molar refractivity (Wildman–Crippen MR) is 80.2 cm³/mol. The van der Waals surface area contributed by atoms with Crippen molar-refractivity contribution < 1.29 is 14.3 Å². The Hall–Kier alpha value is -1.94. The number of para-hydroxylation sites is 1. The second-order valence-corrected chi connectivity index (χ2v) is 5.99. The van der Waals surface area contributed by atoms with Gasteiger partial charge in [-0.25, -0.2) is 4.79 Å². The van der Waals surface area contributed by atoms with E-state index in [0.29, 0.717) is 11.3 Å². The van der Waals surface area contributed by atoms with Gasteiger partial charge in [0.1, 0.15) is 5.75 Å². The topological polar surface area (TPSA) is 43.4 Å². The van der Waals surface area contributed by atoms with Gasteiger partial charge in [0.15, 0.2) is 10.1 Å². The van der Waals surface area contributed by atoms with Crippen LogP contribution in [0.25, 0.3) is 0 Å². The fourth-order valence-electron chi connectivity index (χ4n) is 1.64. The van der Waals surface area contributed by atoms with Crippen molar-refractivity contribution in [2.75, 3.05) is 0 Å². The number of rotatable bonds is 4. The normalized spacial score (nSPS) is 13.3. The molecule has 2 aromatic rings. The number of hydrogen-bond donors (Lipinski definition) is 0. The van der Waals surface area contributed by atoms with E-state index < -0.39 is 10.3 Å². The molecule has 102 valence electrons. The standard InChI is InChI=1S/C16H13BrO3/c1-16(17,14(18)12-8-4-2-5-9-12)15(19)20-13-10-6-3-7-11-13/h2-11H,1H3. The number of carbonyl (C=O) groups excluding carboxylic acids is 2. The molecule has 0 heterocycles. The first-order valence-corrected chi connectivity index (χ1v) is 6.87. The van der Waals surface area contributed by atoms with Gasteiger partial charge in [-0.2, -0.15) is 0 Å². The first-order valence-electron chi connectivity index (χ1n) is 6.08. The maximum atomic E-state index is 12.4. The number of carbonyl (C=O) groups is 2. The molecule has 0 fully saturated rings. The van der Waals surface area contributed by atoms with Gasteiger partial charge in [0.05, 0.1) is 0 Å². The van der Waals surface area contributed by atoms with Crippen molar-refractivity contribution in [3.8, 4) is 5.75 Å². The first-order chi connectivity index (χ1) is 9.51. The highest BCUT2D eigenvalue weighted by atomic mass is 79.9. The van der Waals surface area contributed by atoms with Crippen LogP contribution >= 0.6 is 15.9 Å². The third-order valence-electron chi connectivity index (χ3n) is 2.80. The highest BCUT2D eigenvalue weighted by molar-refractivity contribution is 9.10. The Morgan fingerprint density at radius 1 is 0.950 bits per heavy atom. The van der Waals surface area contributed by atoms with Gasteiger partial charge in [-0.3, -0.25) is 4.79 Å². The third-order valence-corrected chi connectivity index (χ3v) is 3.48. The molecular formula is C16H13BrO3. The number of ketones is 1. The fourth-order valence-corrected chi connectivity index (χ4v) is 1.95. The second-order valence-electron chi connectivity index (χ2n) is 4.40. The number of Topliss-reactive ketones (excluding diaryl/α,β-unsaturated/α-hetero) is 1. The Balaban J connectivity index is 2.17. The van der Waals surface area contributed by atoms with Crippen LogP contribution in [-0.2, 0) is 4.79 Å². The molecule has 0 aliphatic carbocycles. The van der Waals surface area contributed by atoms with Gasteiger partial charge in [-0.1, -0.05) is 64.5 Å². The van der Waals surface area contributed by atoms with Crippen molar-refractivity contribution in [2.45, 2.75) is 11.2 Å². The Morgan fingerprint density at radius 3 is 2.00 bits per heavy atom. The summed E-state index contributed by atoms with van der Waals surface area (Å²) in [5, 5.41) is 0. The van der Waals surface area contributed by atoms with Crippen LogP contribution in [-0.4, -0.2) is 16.1 Å². The number of hydrogen-bond acceptors (Lipinski definition) is 3. The Morgan fingerprint density at radius 2 is 1.45 bits per heavy atom. The molecule has 1 atom stereocenters. The summed E-state index contributed by atoms with van der Waals surface area (Å²) in [6, 6.07) is 17.3. The number of ether oxygens (including phenoxy) is 1. The Kier molecular flexibility index (Phi) is 4.35. The third kappa shape index (κ3) is 3.14. The molecular weight excluding hydrogens is 320 g/mol. The highest BCUT2D eigenvalue weighted by Crippen LogP contribution is 2.26. The van der Waals surface area contributed by atoms with E-state index in [0.717, 1.165) is 0 Å². The van der Waals surface area contributed by atoms with E-state index in [-0.39, 0.29) is 5.78 Å². The van der Waals surface area contributed by atoms with Crippen molar-refractivity contribution in [1.82, 2.24) is 0 Å². The molecule has 0 amide bonds. The monoisotopic (exact) mass is 332 g/mol. The molecule has 0 N–H and O–H groups in total. The highest BCUT2D eigenvalue weighted by Gasteiger charge is 2.40. The summed E-state index contributed by atoms with van der Waals surface area (Å²) >= 11 is 3.18. The molecule has 3 nitrogen and oxygen atoms in total. The zero-order valence-corrected chi connectivity index (χ0v) is 12.5. The molecule has 2 aromatic carbocycles. The molecule has 0 aliphatic rings. The van der Waals surface area contributed by atoms with Crippen LogP contribution in [0.5, 0.6) is 5.75 Å². The maximum absolute atomic E-state index is 12.4. The van der Waals surface area contributed by atoms with E-state index in [1.54, 1.807) is 48.5 Å². The number of benzene rings is 2. The summed E-state index contributed by atoms with van der Waals surface area (Å²) in [5.41, 5.74) is 0.455. The van der Waals surface area contributed by atoms with Gasteiger partial charge in [0.2, 0.25) is 0 Å². The van der Waals surface area contributed by atoms with Crippen LogP contribution in [0.15, 0.2) is 60.7 Å². The van der Waals surface area contributed by atoms with Crippen LogP contribution in [0, 0.1) is 0 Å². The average molecular weight is 333 g/mol. The van der Waals surface area contributed by atoms with Crippen molar-refractivity contribution in [3.05, 3.63) is 66.2 Å². The quantitative estimate of drug-likeness (QED) is 0.282. The zero-order chi connectivity index (χ0) is 14.6. The lowest BCUT2D eigenvalue weighted by Crippen LogP contribution is -2.40. The maximum Gasteiger partial charge on any atom is 0.336 e. The summed E-state index contributed by atoms with van der Waals surface area (Å²) in [6.07, 6.45) is 0. The summed E-state index contributed by atoms with van der Waals surface area (Å²) in [4.78, 5) is 24.5. The molecule has 0 aromatic heterocycles. The minimum absolute atomic E-state index is 0.334. The number of halogens is 1.